The maximum absolute atomic E-state index is 11.1. The molecule has 1 heterocycles. The summed E-state index contributed by atoms with van der Waals surface area (Å²) >= 11 is 9.61. The number of halogens is 3. The molecule has 0 spiro atoms. The third-order valence-electron chi connectivity index (χ3n) is 4.21. The summed E-state index contributed by atoms with van der Waals surface area (Å²) in [5, 5.41) is 4.14. The molecule has 5 nitrogen and oxygen atoms in total. The van der Waals surface area contributed by atoms with Gasteiger partial charge in [0.05, 0.1) is 0 Å². The Morgan fingerprint density at radius 2 is 2.28 bits per heavy atom. The molecule has 0 aromatic heterocycles. The van der Waals surface area contributed by atoms with Gasteiger partial charge in [0.2, 0.25) is 5.91 Å². The van der Waals surface area contributed by atoms with E-state index in [-0.39, 0.29) is 29.9 Å². The van der Waals surface area contributed by atoms with E-state index in [9.17, 15) is 4.79 Å². The molecule has 1 saturated heterocycles. The minimum atomic E-state index is -0.226. The van der Waals surface area contributed by atoms with E-state index in [1.807, 2.05) is 18.2 Å². The van der Waals surface area contributed by atoms with E-state index in [1.165, 1.54) is 0 Å². The Morgan fingerprint density at radius 3 is 2.96 bits per heavy atom. The highest BCUT2D eigenvalue weighted by Gasteiger charge is 2.23. The maximum atomic E-state index is 11.1. The molecule has 1 atom stereocenters. The van der Waals surface area contributed by atoms with E-state index >= 15 is 0 Å². The van der Waals surface area contributed by atoms with E-state index in [4.69, 9.17) is 17.3 Å². The topological polar surface area (TPSA) is 70.7 Å². The Hall–Kier alpha value is -0.540. The first-order valence-electron chi connectivity index (χ1n) is 8.17. The average Bonchev–Trinajstić information content (AvgIpc) is 2.54. The fraction of sp³-hybridized carbons (Fsp3) is 0.529. The van der Waals surface area contributed by atoms with Gasteiger partial charge in [0.1, 0.15) is 0 Å². The van der Waals surface area contributed by atoms with Gasteiger partial charge in [0.15, 0.2) is 5.96 Å². The van der Waals surface area contributed by atoms with Crippen LogP contribution in [0.4, 0.5) is 0 Å². The van der Waals surface area contributed by atoms with Crippen molar-refractivity contribution in [2.24, 2.45) is 16.6 Å². The number of carbonyl (C=O) groups is 1. The highest BCUT2D eigenvalue weighted by Crippen LogP contribution is 2.22. The van der Waals surface area contributed by atoms with Gasteiger partial charge in [-0.2, -0.15) is 0 Å². The van der Waals surface area contributed by atoms with Crippen molar-refractivity contribution in [3.8, 4) is 0 Å². The fourth-order valence-electron chi connectivity index (χ4n) is 3.08. The van der Waals surface area contributed by atoms with Crippen LogP contribution in [-0.2, 0) is 11.2 Å². The van der Waals surface area contributed by atoms with Crippen LogP contribution in [0.15, 0.2) is 27.7 Å². The number of amides is 1. The molecule has 0 radical (unpaired) electrons. The Labute approximate surface area is 179 Å². The number of primary amides is 1. The highest BCUT2D eigenvalue weighted by atomic mass is 127. The first-order chi connectivity index (χ1) is 11.5. The molecule has 2 rings (SSSR count). The van der Waals surface area contributed by atoms with Crippen molar-refractivity contribution in [1.82, 2.24) is 10.2 Å². The van der Waals surface area contributed by atoms with Crippen molar-refractivity contribution in [1.29, 1.82) is 0 Å². The molecule has 1 aromatic rings. The van der Waals surface area contributed by atoms with Crippen LogP contribution in [0, 0.1) is 5.92 Å². The van der Waals surface area contributed by atoms with Crippen molar-refractivity contribution in [2.45, 2.75) is 25.7 Å². The Kier molecular flexibility index (Phi) is 10.1. The minimum absolute atomic E-state index is 0. The summed E-state index contributed by atoms with van der Waals surface area (Å²) in [5.41, 5.74) is 6.49. The number of hydrogen-bond acceptors (Lipinski definition) is 2. The first kappa shape index (κ1) is 22.5. The van der Waals surface area contributed by atoms with Crippen LogP contribution < -0.4 is 11.1 Å². The van der Waals surface area contributed by atoms with Crippen molar-refractivity contribution >= 4 is 63.4 Å². The molecule has 0 bridgehead atoms. The van der Waals surface area contributed by atoms with Crippen LogP contribution >= 0.6 is 51.5 Å². The second-order valence-corrected chi connectivity index (χ2v) is 7.38. The zero-order valence-electron chi connectivity index (χ0n) is 14.3. The number of hydrogen-bond donors (Lipinski definition) is 2. The zero-order valence-corrected chi connectivity index (χ0v) is 19.0. The number of nitrogens with one attached hydrogen (secondary N) is 1. The van der Waals surface area contributed by atoms with Crippen LogP contribution in [-0.4, -0.2) is 43.4 Å². The SMILES string of the molecule is CN=C(NCCc1cc(Cl)ccc1Br)N1CCCC(CC(N)=O)C1.I. The van der Waals surface area contributed by atoms with Crippen molar-refractivity contribution in [3.05, 3.63) is 33.3 Å². The molecule has 1 amide bonds. The normalized spacial score (nSPS) is 17.8. The van der Waals surface area contributed by atoms with Crippen LogP contribution in [0.2, 0.25) is 5.02 Å². The van der Waals surface area contributed by atoms with E-state index in [2.05, 4.69) is 31.1 Å². The standard InChI is InChI=1S/C17H24BrClN4O.HI/c1-21-17(23-8-2-3-12(11-23)9-16(20)24)22-7-6-13-10-14(19)4-5-15(13)18;/h4-5,10,12H,2-3,6-9,11H2,1H3,(H2,20,24)(H,21,22);1H. The van der Waals surface area contributed by atoms with Gasteiger partial charge in [-0.3, -0.25) is 9.79 Å². The van der Waals surface area contributed by atoms with Gasteiger partial charge >= 0.3 is 0 Å². The number of nitrogens with two attached hydrogens (primary N) is 1. The van der Waals surface area contributed by atoms with Gasteiger partial charge in [-0.25, -0.2) is 0 Å². The molecule has 1 aliphatic rings. The molecular formula is C17H25BrClIN4O. The smallest absolute Gasteiger partial charge is 0.217 e. The van der Waals surface area contributed by atoms with Crippen LogP contribution in [0.1, 0.15) is 24.8 Å². The number of rotatable bonds is 5. The van der Waals surface area contributed by atoms with Gasteiger partial charge in [0, 0.05) is 42.6 Å². The van der Waals surface area contributed by atoms with E-state index in [1.54, 1.807) is 7.05 Å². The summed E-state index contributed by atoms with van der Waals surface area (Å²) in [4.78, 5) is 17.7. The highest BCUT2D eigenvalue weighted by molar-refractivity contribution is 14.0. The fourth-order valence-corrected chi connectivity index (χ4v) is 3.72. The molecule has 1 unspecified atom stereocenters. The quantitative estimate of drug-likeness (QED) is 0.340. The van der Waals surface area contributed by atoms with Crippen LogP contribution in [0.25, 0.3) is 0 Å². The number of guanidine groups is 1. The molecule has 25 heavy (non-hydrogen) atoms. The third kappa shape index (κ3) is 7.30. The molecule has 8 heteroatoms. The Balaban J connectivity index is 0.00000312. The maximum Gasteiger partial charge on any atom is 0.217 e. The van der Waals surface area contributed by atoms with E-state index in [0.717, 1.165) is 59.9 Å². The largest absolute Gasteiger partial charge is 0.370 e. The number of carbonyl (C=O) groups excluding carboxylic acids is 1. The lowest BCUT2D eigenvalue weighted by Crippen LogP contribution is -2.47. The van der Waals surface area contributed by atoms with Gasteiger partial charge < -0.3 is 16.0 Å². The average molecular weight is 544 g/mol. The molecule has 1 aliphatic heterocycles. The number of piperidine rings is 1. The number of aliphatic imine (C=N–C) groups is 1. The lowest BCUT2D eigenvalue weighted by atomic mass is 9.95. The number of likely N-dealkylation sites (tertiary alicyclic amines) is 1. The molecule has 1 fully saturated rings. The Bertz CT molecular complexity index is 614. The first-order valence-corrected chi connectivity index (χ1v) is 9.34. The van der Waals surface area contributed by atoms with Gasteiger partial charge in [-0.05, 0) is 48.9 Å². The summed E-state index contributed by atoms with van der Waals surface area (Å²) in [6.07, 6.45) is 3.39. The van der Waals surface area contributed by atoms with Gasteiger partial charge in [0.25, 0.3) is 0 Å². The van der Waals surface area contributed by atoms with Gasteiger partial charge in [-0.1, -0.05) is 27.5 Å². The monoisotopic (exact) mass is 542 g/mol. The lowest BCUT2D eigenvalue weighted by Gasteiger charge is -2.34. The van der Waals surface area contributed by atoms with Crippen molar-refractivity contribution < 1.29 is 4.79 Å². The Morgan fingerprint density at radius 1 is 1.52 bits per heavy atom. The molecule has 1 aromatic carbocycles. The summed E-state index contributed by atoms with van der Waals surface area (Å²) in [6.45, 7) is 2.54. The number of nitrogens with zero attached hydrogens (tertiary/aromatic N) is 2. The molecule has 3 N–H and O–H groups in total. The molecule has 140 valence electrons. The van der Waals surface area contributed by atoms with Crippen molar-refractivity contribution in [2.75, 3.05) is 26.7 Å². The van der Waals surface area contributed by atoms with Crippen LogP contribution in [0.3, 0.4) is 0 Å². The summed E-state index contributed by atoms with van der Waals surface area (Å²) in [6, 6.07) is 5.81. The second kappa shape index (κ2) is 11.2. The molecule has 0 aliphatic carbocycles. The molecular weight excluding hydrogens is 518 g/mol. The summed E-state index contributed by atoms with van der Waals surface area (Å²) in [7, 11) is 1.79. The predicted octanol–water partition coefficient (Wildman–Crippen LogP) is 3.43. The summed E-state index contributed by atoms with van der Waals surface area (Å²) < 4.78 is 1.06. The third-order valence-corrected chi connectivity index (χ3v) is 5.21. The van der Waals surface area contributed by atoms with E-state index in [0.29, 0.717) is 12.3 Å². The van der Waals surface area contributed by atoms with Crippen molar-refractivity contribution in [3.63, 3.8) is 0 Å². The van der Waals surface area contributed by atoms with E-state index < -0.39 is 0 Å². The predicted molar refractivity (Wildman–Crippen MR) is 118 cm³/mol. The summed E-state index contributed by atoms with van der Waals surface area (Å²) in [5.74, 6) is 0.967. The minimum Gasteiger partial charge on any atom is -0.370 e. The number of benzene rings is 1. The van der Waals surface area contributed by atoms with Gasteiger partial charge in [-0.15, -0.1) is 24.0 Å². The molecule has 0 saturated carbocycles. The lowest BCUT2D eigenvalue weighted by molar-refractivity contribution is -0.119. The van der Waals surface area contributed by atoms with Crippen LogP contribution in [0.5, 0.6) is 0 Å². The second-order valence-electron chi connectivity index (χ2n) is 6.08. The zero-order chi connectivity index (χ0) is 17.5.